The van der Waals surface area contributed by atoms with Crippen molar-refractivity contribution in [2.24, 2.45) is 0 Å². The van der Waals surface area contributed by atoms with E-state index in [0.717, 1.165) is 5.06 Å². The maximum Gasteiger partial charge on any atom is 0.329 e. The lowest BCUT2D eigenvalue weighted by Gasteiger charge is -2.33. The van der Waals surface area contributed by atoms with E-state index in [1.807, 2.05) is 72.9 Å². The average Bonchev–Trinajstić information content (AvgIpc) is 2.27. The zero-order valence-corrected chi connectivity index (χ0v) is 14.1. The fourth-order valence-corrected chi connectivity index (χ4v) is 2.37. The summed E-state index contributed by atoms with van der Waals surface area (Å²) in [6, 6.07) is 0. The minimum absolute atomic E-state index is 0.213. The molecule has 1 unspecified atom stereocenters. The van der Waals surface area contributed by atoms with Crippen LogP contribution in [-0.4, -0.2) is 30.1 Å². The summed E-state index contributed by atoms with van der Waals surface area (Å²) in [6.07, 6.45) is 0.245. The zero-order valence-electron chi connectivity index (χ0n) is 9.79. The first-order valence-electron chi connectivity index (χ1n) is 5.05. The van der Waals surface area contributed by atoms with Crippen LogP contribution in [0.15, 0.2) is 0 Å². The van der Waals surface area contributed by atoms with E-state index in [2.05, 4.69) is 0 Å². The number of ether oxygens (including phenoxy) is 1. The molecular weight excluding hydrogens is 436 g/mol. The molecule has 1 fully saturated rings. The van der Waals surface area contributed by atoms with E-state index in [9.17, 15) is 10.0 Å². The Hall–Kier alpha value is 0.850. The van der Waals surface area contributed by atoms with Gasteiger partial charge >= 0.3 is 5.97 Å². The maximum absolute atomic E-state index is 12.0. The van der Waals surface area contributed by atoms with Gasteiger partial charge in [-0.3, -0.25) is 4.79 Å². The van der Waals surface area contributed by atoms with Gasteiger partial charge in [0.05, 0.1) is 5.54 Å². The summed E-state index contributed by atoms with van der Waals surface area (Å²) in [4.78, 5) is 11.5. The van der Waals surface area contributed by atoms with Crippen LogP contribution in [0.25, 0.3) is 0 Å². The van der Waals surface area contributed by atoms with E-state index in [0.29, 0.717) is 6.42 Å². The molecule has 1 aliphatic rings. The Kier molecular flexibility index (Phi) is 4.52. The van der Waals surface area contributed by atoms with Crippen LogP contribution in [0, 0.1) is 0 Å². The topological polar surface area (TPSA) is 49.4 Å². The molecule has 4 nitrogen and oxygen atoms in total. The molecule has 0 N–H and O–H groups in total. The van der Waals surface area contributed by atoms with E-state index in [1.54, 1.807) is 0 Å². The van der Waals surface area contributed by atoms with E-state index in [1.165, 1.54) is 0 Å². The molecule has 0 aromatic carbocycles. The molecule has 0 spiro atoms. The molecule has 1 saturated heterocycles. The molecule has 0 aliphatic carbocycles. The van der Waals surface area contributed by atoms with Gasteiger partial charge in [0.25, 0.3) is 0 Å². The fourth-order valence-electron chi connectivity index (χ4n) is 2.07. The lowest BCUT2D eigenvalue weighted by atomic mass is 9.97. The molecular formula is C10H16I2NO3. The number of hydrogen-bond acceptors (Lipinski definition) is 3. The number of esters is 1. The number of rotatable bonds is 2. The van der Waals surface area contributed by atoms with Gasteiger partial charge in [-0.1, -0.05) is 45.2 Å². The summed E-state index contributed by atoms with van der Waals surface area (Å²) in [5, 5.41) is 13.1. The number of alkyl halides is 2. The summed E-state index contributed by atoms with van der Waals surface area (Å²) >= 11 is 4.00. The van der Waals surface area contributed by atoms with Crippen molar-refractivity contribution in [3.05, 3.63) is 0 Å². The van der Waals surface area contributed by atoms with Crippen molar-refractivity contribution >= 4 is 51.2 Å². The third-order valence-electron chi connectivity index (χ3n) is 2.98. The first-order valence-corrected chi connectivity index (χ1v) is 7.54. The molecule has 1 aliphatic heterocycles. The van der Waals surface area contributed by atoms with Gasteiger partial charge in [-0.25, -0.2) is 0 Å². The molecule has 93 valence electrons. The van der Waals surface area contributed by atoms with Crippen LogP contribution in [0.3, 0.4) is 0 Å². The molecule has 1 atom stereocenters. The third-order valence-corrected chi connectivity index (χ3v) is 4.00. The quantitative estimate of drug-likeness (QED) is 0.368. The van der Waals surface area contributed by atoms with Crippen LogP contribution in [0.5, 0.6) is 0 Å². The first kappa shape index (κ1) is 14.9. The standard InChI is InChI=1S/C10H16I2NO3/c1-9(2)5-6(10(3,4)13(9)15)16-8(14)7(11)12/h6-7H,5H2,1-4H3. The molecule has 16 heavy (non-hydrogen) atoms. The second-order valence-corrected chi connectivity index (χ2v) is 10.1. The predicted octanol–water partition coefficient (Wildman–Crippen LogP) is 2.70. The lowest BCUT2D eigenvalue weighted by molar-refractivity contribution is -0.252. The Bertz CT molecular complexity index is 292. The molecule has 0 bridgehead atoms. The first-order chi connectivity index (χ1) is 7.09. The minimum atomic E-state index is -0.651. The summed E-state index contributed by atoms with van der Waals surface area (Å²) in [7, 11) is 0. The second kappa shape index (κ2) is 4.85. The largest absolute Gasteiger partial charge is 0.459 e. The Morgan fingerprint density at radius 2 is 1.88 bits per heavy atom. The maximum atomic E-state index is 12.0. The van der Waals surface area contributed by atoms with Crippen molar-refractivity contribution < 1.29 is 14.7 Å². The molecule has 0 aromatic heterocycles. The monoisotopic (exact) mass is 452 g/mol. The van der Waals surface area contributed by atoms with Gasteiger partial charge < -0.3 is 4.74 Å². The van der Waals surface area contributed by atoms with Crippen molar-refractivity contribution in [3.8, 4) is 0 Å². The van der Waals surface area contributed by atoms with Crippen molar-refractivity contribution in [1.82, 2.24) is 5.06 Å². The molecule has 0 amide bonds. The molecule has 6 heteroatoms. The number of hydrogen-bond donors (Lipinski definition) is 0. The normalized spacial score (nSPS) is 28.4. The Morgan fingerprint density at radius 1 is 1.38 bits per heavy atom. The van der Waals surface area contributed by atoms with Crippen LogP contribution in [0.1, 0.15) is 34.1 Å². The molecule has 1 radical (unpaired) electrons. The highest BCUT2D eigenvalue weighted by atomic mass is 127. The van der Waals surface area contributed by atoms with Gasteiger partial charge in [-0.05, 0) is 27.7 Å². The average molecular weight is 452 g/mol. The highest BCUT2D eigenvalue weighted by Crippen LogP contribution is 2.41. The van der Waals surface area contributed by atoms with Gasteiger partial charge in [-0.15, -0.1) is 10.3 Å². The molecule has 1 heterocycles. The van der Waals surface area contributed by atoms with Crippen LogP contribution in [0.2, 0.25) is 0 Å². The van der Waals surface area contributed by atoms with Crippen LogP contribution < -0.4 is 0 Å². The molecule has 1 rings (SSSR count). The van der Waals surface area contributed by atoms with Gasteiger partial charge in [0, 0.05) is 12.0 Å². The lowest BCUT2D eigenvalue weighted by Crippen LogP contribution is -2.48. The van der Waals surface area contributed by atoms with Crippen LogP contribution in [-0.2, 0) is 14.7 Å². The number of carbonyl (C=O) groups excluding carboxylic acids is 1. The SMILES string of the molecule is CC1(C)CC(OC(=O)C(I)I)C(C)(C)N1[O]. The van der Waals surface area contributed by atoms with Gasteiger partial charge in [0.15, 0.2) is 1.93 Å². The van der Waals surface area contributed by atoms with E-state index in [4.69, 9.17) is 4.74 Å². The van der Waals surface area contributed by atoms with Crippen molar-refractivity contribution in [1.29, 1.82) is 0 Å². The summed E-state index contributed by atoms with van der Waals surface area (Å²) < 4.78 is 5.19. The highest BCUT2D eigenvalue weighted by Gasteiger charge is 2.54. The Balaban J connectivity index is 2.80. The van der Waals surface area contributed by atoms with Crippen molar-refractivity contribution in [2.45, 2.75) is 53.2 Å². The fraction of sp³-hybridized carbons (Fsp3) is 0.900. The van der Waals surface area contributed by atoms with Gasteiger partial charge in [-0.2, -0.15) is 0 Å². The number of halogens is 2. The minimum Gasteiger partial charge on any atom is -0.459 e. The smallest absolute Gasteiger partial charge is 0.329 e. The summed E-state index contributed by atoms with van der Waals surface area (Å²) in [6.45, 7) is 7.40. The van der Waals surface area contributed by atoms with Crippen LogP contribution in [0.4, 0.5) is 0 Å². The molecule has 0 aromatic rings. The Morgan fingerprint density at radius 3 is 2.19 bits per heavy atom. The second-order valence-electron chi connectivity index (χ2n) is 5.19. The Labute approximate surface area is 123 Å². The number of nitrogens with zero attached hydrogens (tertiary/aromatic N) is 1. The molecule has 0 saturated carbocycles. The van der Waals surface area contributed by atoms with Crippen LogP contribution >= 0.6 is 45.2 Å². The third kappa shape index (κ3) is 2.81. The predicted molar refractivity (Wildman–Crippen MR) is 77.0 cm³/mol. The number of hydroxylamine groups is 2. The highest BCUT2D eigenvalue weighted by molar-refractivity contribution is 14.2. The zero-order chi connectivity index (χ0) is 12.7. The van der Waals surface area contributed by atoms with Gasteiger partial charge in [0.1, 0.15) is 6.10 Å². The summed E-state index contributed by atoms with van der Waals surface area (Å²) in [5.41, 5.74) is -1.12. The van der Waals surface area contributed by atoms with E-state index < -0.39 is 11.1 Å². The van der Waals surface area contributed by atoms with Crippen molar-refractivity contribution in [2.75, 3.05) is 0 Å². The van der Waals surface area contributed by atoms with Gasteiger partial charge in [0.2, 0.25) is 0 Å². The van der Waals surface area contributed by atoms with E-state index in [-0.39, 0.29) is 14.0 Å². The van der Waals surface area contributed by atoms with Crippen molar-refractivity contribution in [3.63, 3.8) is 0 Å². The van der Waals surface area contributed by atoms with E-state index >= 15 is 0 Å². The summed E-state index contributed by atoms with van der Waals surface area (Å²) in [5.74, 6) is -0.259. The number of carbonyl (C=O) groups is 1.